The van der Waals surface area contributed by atoms with E-state index in [0.717, 1.165) is 25.6 Å². The predicted octanol–water partition coefficient (Wildman–Crippen LogP) is 3.08. The van der Waals surface area contributed by atoms with Crippen molar-refractivity contribution in [1.82, 2.24) is 0 Å². The van der Waals surface area contributed by atoms with Crippen LogP contribution in [0.1, 0.15) is 22.0 Å². The van der Waals surface area contributed by atoms with Crippen LogP contribution in [-0.2, 0) is 0 Å². The normalized spacial score (nSPS) is 15.7. The Labute approximate surface area is 186 Å². The van der Waals surface area contributed by atoms with Crippen molar-refractivity contribution in [2.75, 3.05) is 0 Å². The molecular formula is C24H15BrINO2+2. The molecule has 4 aromatic rings. The third-order valence-corrected chi connectivity index (χ3v) is 8.46. The molecule has 29 heavy (non-hydrogen) atoms. The van der Waals surface area contributed by atoms with Crippen LogP contribution in [0, 0.1) is 12.0 Å². The van der Waals surface area contributed by atoms with Crippen molar-refractivity contribution in [2.24, 2.45) is 0 Å². The van der Waals surface area contributed by atoms with Crippen molar-refractivity contribution >= 4 is 38.2 Å². The first-order valence-electron chi connectivity index (χ1n) is 9.15. The van der Waals surface area contributed by atoms with Crippen LogP contribution in [0.5, 0.6) is 0 Å². The van der Waals surface area contributed by atoms with E-state index in [0.29, 0.717) is 11.3 Å². The Morgan fingerprint density at radius 2 is 1.52 bits per heavy atom. The minimum Gasteiger partial charge on any atom is -0.286 e. The Kier molecular flexibility index (Phi) is 4.80. The highest BCUT2D eigenvalue weighted by Crippen LogP contribution is 2.42. The van der Waals surface area contributed by atoms with Crippen LogP contribution < -0.4 is 21.2 Å². The van der Waals surface area contributed by atoms with Crippen LogP contribution in [-0.4, -0.2) is 10.5 Å². The Morgan fingerprint density at radius 3 is 2.28 bits per heavy atom. The number of hydrogen-bond acceptors (Lipinski definition) is 2. The second kappa shape index (κ2) is 7.46. The zero-order valence-electron chi connectivity index (χ0n) is 15.2. The number of ketones is 1. The molecule has 1 atom stereocenters. The lowest BCUT2D eigenvalue weighted by molar-refractivity contribution is -0.597. The number of Topliss-reactive ketones (excluding diaryl/α,β-unsaturated/α-hetero) is 1. The first kappa shape index (κ1) is 18.6. The summed E-state index contributed by atoms with van der Waals surface area (Å²) in [6.07, 6.45) is 0. The van der Waals surface area contributed by atoms with Gasteiger partial charge < -0.3 is 0 Å². The van der Waals surface area contributed by atoms with Crippen LogP contribution in [0.4, 0.5) is 5.69 Å². The van der Waals surface area contributed by atoms with Gasteiger partial charge in [-0.3, -0.25) is 4.79 Å². The molecule has 1 unspecified atom stereocenters. The zero-order chi connectivity index (χ0) is 20.0. The van der Waals surface area contributed by atoms with E-state index in [1.54, 1.807) is 6.07 Å². The highest BCUT2D eigenvalue weighted by Gasteiger charge is 2.44. The molecule has 0 radical (unpaired) electrons. The lowest BCUT2D eigenvalue weighted by atomic mass is 9.89. The molecule has 5 rings (SSSR count). The van der Waals surface area contributed by atoms with Crippen molar-refractivity contribution < 1.29 is 30.8 Å². The quantitative estimate of drug-likeness (QED) is 0.288. The third-order valence-electron chi connectivity index (χ3n) is 5.09. The van der Waals surface area contributed by atoms with Gasteiger partial charge >= 0.3 is 21.2 Å². The summed E-state index contributed by atoms with van der Waals surface area (Å²) in [5.74, 6) is -0.151. The lowest BCUT2D eigenvalue weighted by Crippen LogP contribution is -3.61. The number of carbonyl (C=O) groups excluding carboxylic acids is 1. The molecular weight excluding hydrogens is 541 g/mol. The van der Waals surface area contributed by atoms with E-state index in [9.17, 15) is 9.70 Å². The van der Waals surface area contributed by atoms with E-state index >= 15 is 0 Å². The summed E-state index contributed by atoms with van der Waals surface area (Å²) in [6, 6.07) is 26.8. The Hall–Kier alpha value is -2.38. The fourth-order valence-corrected chi connectivity index (χ4v) is 6.41. The molecule has 140 valence electrons. The summed E-state index contributed by atoms with van der Waals surface area (Å²) in [6.45, 7) is 0. The fourth-order valence-electron chi connectivity index (χ4n) is 3.73. The summed E-state index contributed by atoms with van der Waals surface area (Å²) in [5, 5.41) is 1.61. The minimum atomic E-state index is -0.849. The van der Waals surface area contributed by atoms with Gasteiger partial charge in [-0.2, -0.15) is 0 Å². The van der Waals surface area contributed by atoms with Gasteiger partial charge in [0.1, 0.15) is 0 Å². The maximum absolute atomic E-state index is 13.3. The van der Waals surface area contributed by atoms with Crippen molar-refractivity contribution in [3.8, 4) is 0 Å². The molecule has 0 N–H and O–H groups in total. The molecule has 0 saturated carbocycles. The van der Waals surface area contributed by atoms with E-state index in [2.05, 4.69) is 52.3 Å². The summed E-state index contributed by atoms with van der Waals surface area (Å²) in [4.78, 5) is 26.4. The molecule has 1 aliphatic rings. The summed E-state index contributed by atoms with van der Waals surface area (Å²) >= 11 is 3.24. The Balaban J connectivity index is 1.53. The monoisotopic (exact) mass is 555 g/mol. The molecule has 0 aromatic heterocycles. The van der Waals surface area contributed by atoms with Gasteiger partial charge in [0, 0.05) is 32.0 Å². The van der Waals surface area contributed by atoms with Gasteiger partial charge in [-0.15, -0.1) is 0 Å². The molecule has 0 amide bonds. The maximum atomic E-state index is 13.3. The maximum Gasteiger partial charge on any atom is 0.357 e. The van der Waals surface area contributed by atoms with Gasteiger partial charge in [0.2, 0.25) is 5.78 Å². The highest BCUT2D eigenvalue weighted by atomic mass is 127. The van der Waals surface area contributed by atoms with Crippen LogP contribution >= 0.6 is 15.9 Å². The van der Waals surface area contributed by atoms with E-state index in [1.165, 1.54) is 7.14 Å². The van der Waals surface area contributed by atoms with Crippen molar-refractivity contribution in [3.05, 3.63) is 113 Å². The molecule has 1 heterocycles. The average Bonchev–Trinajstić information content (AvgIpc) is 2.75. The Bertz CT molecular complexity index is 1250. The SMILES string of the molecule is O=C1c2ccc(Br)c3cccc(c23)[N+](=O)C1c1ccc([I+]c2ccccc2)cc1. The number of halogens is 2. The molecule has 0 fully saturated rings. The molecule has 0 aliphatic carbocycles. The minimum absolute atomic E-state index is 0.151. The van der Waals surface area contributed by atoms with Crippen LogP contribution in [0.15, 0.2) is 89.4 Å². The molecule has 1 aliphatic heterocycles. The van der Waals surface area contributed by atoms with Crippen LogP contribution in [0.3, 0.4) is 0 Å². The van der Waals surface area contributed by atoms with Gasteiger partial charge in [-0.05, 0) is 48.5 Å². The van der Waals surface area contributed by atoms with Gasteiger partial charge in [0.15, 0.2) is 7.14 Å². The average molecular weight is 556 g/mol. The van der Waals surface area contributed by atoms with Crippen molar-refractivity contribution in [3.63, 3.8) is 0 Å². The largest absolute Gasteiger partial charge is 0.357 e. The van der Waals surface area contributed by atoms with Gasteiger partial charge in [-0.25, -0.2) is 0 Å². The zero-order valence-corrected chi connectivity index (χ0v) is 18.9. The van der Waals surface area contributed by atoms with Crippen LogP contribution in [0.2, 0.25) is 0 Å². The van der Waals surface area contributed by atoms with Gasteiger partial charge in [0.05, 0.1) is 10.1 Å². The Morgan fingerprint density at radius 1 is 0.793 bits per heavy atom. The number of hydrogen-bond donors (Lipinski definition) is 0. The molecule has 0 bridgehead atoms. The van der Waals surface area contributed by atoms with Gasteiger partial charge in [0.25, 0.3) is 11.7 Å². The second-order valence-corrected chi connectivity index (χ2v) is 10.7. The van der Waals surface area contributed by atoms with Gasteiger partial charge in [-0.1, -0.05) is 46.3 Å². The molecule has 4 aromatic carbocycles. The lowest BCUT2D eigenvalue weighted by Gasteiger charge is -2.17. The number of carbonyl (C=O) groups is 1. The molecule has 0 spiro atoms. The third kappa shape index (κ3) is 3.22. The van der Waals surface area contributed by atoms with E-state index < -0.39 is 6.04 Å². The molecule has 5 heteroatoms. The number of nitroso groups, excluding NO2 is 1. The van der Waals surface area contributed by atoms with Crippen molar-refractivity contribution in [2.45, 2.75) is 6.04 Å². The summed E-state index contributed by atoms with van der Waals surface area (Å²) < 4.78 is 4.34. The summed E-state index contributed by atoms with van der Waals surface area (Å²) in [5.41, 5.74) is 1.89. The number of rotatable bonds is 3. The predicted molar refractivity (Wildman–Crippen MR) is 112 cm³/mol. The second-order valence-electron chi connectivity index (χ2n) is 6.83. The summed E-state index contributed by atoms with van der Waals surface area (Å²) in [7, 11) is 0. The van der Waals surface area contributed by atoms with Crippen LogP contribution in [0.25, 0.3) is 10.8 Å². The smallest absolute Gasteiger partial charge is 0.286 e. The first-order valence-corrected chi connectivity index (χ1v) is 12.1. The highest BCUT2D eigenvalue weighted by molar-refractivity contribution is 9.10. The molecule has 3 nitrogen and oxygen atoms in total. The van der Waals surface area contributed by atoms with E-state index in [4.69, 9.17) is 0 Å². The molecule has 0 saturated heterocycles. The first-order chi connectivity index (χ1) is 14.1. The number of nitrogens with zero attached hydrogens (tertiary/aromatic N) is 1. The standard InChI is InChI=1S/C24H15BrINO2/c25-20-14-13-19-22-18(20)7-4-8-21(22)27(29)23(24(19)28)15-9-11-17(12-10-15)26-16-5-2-1-3-6-16/h1-14,23H/q+2. The van der Waals surface area contributed by atoms with Crippen molar-refractivity contribution in [1.29, 1.82) is 0 Å². The fraction of sp³-hybridized carbons (Fsp3) is 0.0417. The number of benzene rings is 4. The topological polar surface area (TPSA) is 37.1 Å². The van der Waals surface area contributed by atoms with E-state index in [1.807, 2.05) is 42.5 Å². The van der Waals surface area contributed by atoms with E-state index in [-0.39, 0.29) is 27.0 Å².